The molecule has 2 aromatic carbocycles. The van der Waals surface area contributed by atoms with E-state index in [9.17, 15) is 19.5 Å². The Balaban J connectivity index is 1.28. The van der Waals surface area contributed by atoms with Crippen molar-refractivity contribution < 1.29 is 24.2 Å². The SMILES string of the molecule is CC[C@@H](CC(=O)NC1CCCC(C(=O)O)C1)NC(=O)OCC1c2ccccc2-c2ccccc21. The minimum absolute atomic E-state index is 0.0185. The quantitative estimate of drug-likeness (QED) is 0.535. The number of alkyl carbamates (subject to hydrolysis) is 1. The van der Waals surface area contributed by atoms with Gasteiger partial charge in [-0.25, -0.2) is 4.79 Å². The van der Waals surface area contributed by atoms with Gasteiger partial charge in [-0.15, -0.1) is 0 Å². The average molecular weight is 465 g/mol. The van der Waals surface area contributed by atoms with Crippen LogP contribution in [0.2, 0.25) is 0 Å². The number of ether oxygens (including phenoxy) is 1. The standard InChI is InChI=1S/C27H32N2O5/c1-2-18(15-25(30)28-19-9-7-8-17(14-19)26(31)32)29-27(33)34-16-24-22-12-5-3-10-20(22)21-11-4-6-13-23(21)24/h3-6,10-13,17-19,24H,2,7-9,14-16H2,1H3,(H,28,30)(H,29,33)(H,31,32)/t17?,18-,19?/m0/s1. The molecule has 34 heavy (non-hydrogen) atoms. The smallest absolute Gasteiger partial charge is 0.407 e. The van der Waals surface area contributed by atoms with Crippen LogP contribution in [0, 0.1) is 5.92 Å². The van der Waals surface area contributed by atoms with E-state index in [0.717, 1.165) is 24.0 Å². The van der Waals surface area contributed by atoms with Crippen molar-refractivity contribution in [1.82, 2.24) is 10.6 Å². The molecule has 0 bridgehead atoms. The number of hydrogen-bond acceptors (Lipinski definition) is 4. The fourth-order valence-electron chi connectivity index (χ4n) is 5.16. The van der Waals surface area contributed by atoms with Crippen molar-refractivity contribution in [2.24, 2.45) is 5.92 Å². The highest BCUT2D eigenvalue weighted by Gasteiger charge is 2.30. The summed E-state index contributed by atoms with van der Waals surface area (Å²) in [5.41, 5.74) is 4.64. The van der Waals surface area contributed by atoms with Crippen LogP contribution < -0.4 is 10.6 Å². The number of carboxylic acid groups (broad SMARTS) is 1. The van der Waals surface area contributed by atoms with Crippen LogP contribution in [-0.4, -0.2) is 41.8 Å². The second kappa shape index (κ2) is 10.7. The van der Waals surface area contributed by atoms with E-state index in [1.807, 2.05) is 31.2 Å². The van der Waals surface area contributed by atoms with E-state index < -0.39 is 18.0 Å². The zero-order chi connectivity index (χ0) is 24.1. The number of rotatable bonds is 8. The number of nitrogens with one attached hydrogen (secondary N) is 2. The third-order valence-electron chi connectivity index (χ3n) is 6.98. The predicted molar refractivity (Wildman–Crippen MR) is 128 cm³/mol. The first-order valence-corrected chi connectivity index (χ1v) is 12.1. The third-order valence-corrected chi connectivity index (χ3v) is 6.98. The average Bonchev–Trinajstić information content (AvgIpc) is 3.16. The van der Waals surface area contributed by atoms with Gasteiger partial charge in [-0.05, 0) is 47.9 Å². The number of carbonyl (C=O) groups is 3. The maximum atomic E-state index is 12.6. The Bertz CT molecular complexity index is 1010. The number of carbonyl (C=O) groups excluding carboxylic acids is 2. The second-order valence-corrected chi connectivity index (χ2v) is 9.25. The van der Waals surface area contributed by atoms with Gasteiger partial charge in [-0.3, -0.25) is 9.59 Å². The van der Waals surface area contributed by atoms with E-state index in [2.05, 4.69) is 34.9 Å². The van der Waals surface area contributed by atoms with Gasteiger partial charge in [0.15, 0.2) is 0 Å². The molecule has 4 rings (SSSR count). The Hall–Kier alpha value is -3.35. The molecule has 7 heteroatoms. The van der Waals surface area contributed by atoms with Gasteiger partial charge >= 0.3 is 12.1 Å². The lowest BCUT2D eigenvalue weighted by atomic mass is 9.85. The number of hydrogen-bond donors (Lipinski definition) is 3. The van der Waals surface area contributed by atoms with Crippen LogP contribution in [0.3, 0.4) is 0 Å². The molecule has 0 spiro atoms. The lowest BCUT2D eigenvalue weighted by Crippen LogP contribution is -2.44. The molecule has 0 aromatic heterocycles. The fraction of sp³-hybridized carbons (Fsp3) is 0.444. The molecule has 2 amide bonds. The molecule has 0 saturated heterocycles. The molecule has 0 heterocycles. The second-order valence-electron chi connectivity index (χ2n) is 9.25. The minimum atomic E-state index is -0.803. The molecule has 1 saturated carbocycles. The Morgan fingerprint density at radius 3 is 2.29 bits per heavy atom. The Kier molecular flexibility index (Phi) is 7.50. The van der Waals surface area contributed by atoms with Crippen LogP contribution in [0.5, 0.6) is 0 Å². The van der Waals surface area contributed by atoms with Crippen LogP contribution in [0.4, 0.5) is 4.79 Å². The van der Waals surface area contributed by atoms with Crippen molar-refractivity contribution in [1.29, 1.82) is 0 Å². The first-order chi connectivity index (χ1) is 16.5. The molecule has 3 atom stereocenters. The maximum Gasteiger partial charge on any atom is 0.407 e. The summed E-state index contributed by atoms with van der Waals surface area (Å²) in [7, 11) is 0. The van der Waals surface area contributed by atoms with Gasteiger partial charge in [0.05, 0.1) is 5.92 Å². The van der Waals surface area contributed by atoms with E-state index in [4.69, 9.17) is 4.74 Å². The van der Waals surface area contributed by atoms with Crippen molar-refractivity contribution in [3.05, 3.63) is 59.7 Å². The van der Waals surface area contributed by atoms with E-state index in [0.29, 0.717) is 19.3 Å². The molecule has 0 aliphatic heterocycles. The lowest BCUT2D eigenvalue weighted by molar-refractivity contribution is -0.143. The number of fused-ring (bicyclic) bond motifs is 3. The zero-order valence-electron chi connectivity index (χ0n) is 19.5. The predicted octanol–water partition coefficient (Wildman–Crippen LogP) is 4.45. The Morgan fingerprint density at radius 1 is 1.03 bits per heavy atom. The first-order valence-electron chi connectivity index (χ1n) is 12.1. The van der Waals surface area contributed by atoms with Crippen LogP contribution in [0.25, 0.3) is 11.1 Å². The van der Waals surface area contributed by atoms with E-state index in [1.54, 1.807) is 0 Å². The molecule has 2 aromatic rings. The summed E-state index contributed by atoms with van der Waals surface area (Å²) >= 11 is 0. The van der Waals surface area contributed by atoms with Crippen molar-refractivity contribution in [3.63, 3.8) is 0 Å². The molecule has 0 radical (unpaired) electrons. The number of carboxylic acids is 1. The monoisotopic (exact) mass is 464 g/mol. The van der Waals surface area contributed by atoms with Crippen LogP contribution in [0.1, 0.15) is 62.5 Å². The van der Waals surface area contributed by atoms with Crippen molar-refractivity contribution in [3.8, 4) is 11.1 Å². The van der Waals surface area contributed by atoms with Gasteiger partial charge in [0.25, 0.3) is 0 Å². The molecular weight excluding hydrogens is 432 g/mol. The van der Waals surface area contributed by atoms with Crippen LogP contribution in [-0.2, 0) is 14.3 Å². The Morgan fingerprint density at radius 2 is 1.68 bits per heavy atom. The van der Waals surface area contributed by atoms with Crippen LogP contribution in [0.15, 0.2) is 48.5 Å². The van der Waals surface area contributed by atoms with Crippen LogP contribution >= 0.6 is 0 Å². The summed E-state index contributed by atoms with van der Waals surface area (Å²) in [6.45, 7) is 2.13. The van der Waals surface area contributed by atoms with Gasteiger partial charge in [0.1, 0.15) is 6.61 Å². The highest BCUT2D eigenvalue weighted by Crippen LogP contribution is 2.44. The molecule has 2 aliphatic rings. The highest BCUT2D eigenvalue weighted by atomic mass is 16.5. The van der Waals surface area contributed by atoms with Crippen molar-refractivity contribution in [2.75, 3.05) is 6.61 Å². The molecule has 180 valence electrons. The topological polar surface area (TPSA) is 105 Å². The van der Waals surface area contributed by atoms with Gasteiger partial charge in [0.2, 0.25) is 5.91 Å². The summed E-state index contributed by atoms with van der Waals surface area (Å²) in [6, 6.07) is 15.8. The van der Waals surface area contributed by atoms with Gasteiger partial charge < -0.3 is 20.5 Å². The summed E-state index contributed by atoms with van der Waals surface area (Å²) in [6.07, 6.45) is 2.86. The molecule has 1 fully saturated rings. The van der Waals surface area contributed by atoms with Crippen molar-refractivity contribution >= 4 is 18.0 Å². The third kappa shape index (κ3) is 5.41. The minimum Gasteiger partial charge on any atom is -0.481 e. The molecule has 3 N–H and O–H groups in total. The van der Waals surface area contributed by atoms with Gasteiger partial charge in [0, 0.05) is 24.4 Å². The van der Waals surface area contributed by atoms with Gasteiger partial charge in [-0.1, -0.05) is 61.9 Å². The number of aliphatic carboxylic acids is 1. The summed E-state index contributed by atoms with van der Waals surface area (Å²) < 4.78 is 5.60. The zero-order valence-corrected chi connectivity index (χ0v) is 19.5. The Labute approximate surface area is 199 Å². The summed E-state index contributed by atoms with van der Waals surface area (Å²) in [4.78, 5) is 36.3. The lowest BCUT2D eigenvalue weighted by Gasteiger charge is -2.28. The fourth-order valence-corrected chi connectivity index (χ4v) is 5.16. The van der Waals surface area contributed by atoms with Gasteiger partial charge in [-0.2, -0.15) is 0 Å². The number of benzene rings is 2. The van der Waals surface area contributed by atoms with E-state index in [1.165, 1.54) is 11.1 Å². The molecule has 2 aliphatic carbocycles. The summed E-state index contributed by atoms with van der Waals surface area (Å²) in [5, 5.41) is 15.0. The molecule has 7 nitrogen and oxygen atoms in total. The highest BCUT2D eigenvalue weighted by molar-refractivity contribution is 5.80. The van der Waals surface area contributed by atoms with E-state index >= 15 is 0 Å². The molecule has 2 unspecified atom stereocenters. The number of amides is 2. The normalized spacial score (nSPS) is 20.0. The first kappa shape index (κ1) is 23.8. The maximum absolute atomic E-state index is 12.6. The van der Waals surface area contributed by atoms with Crippen molar-refractivity contribution in [2.45, 2.75) is 63.5 Å². The summed E-state index contributed by atoms with van der Waals surface area (Å²) in [5.74, 6) is -1.40. The largest absolute Gasteiger partial charge is 0.481 e. The molecular formula is C27H32N2O5. The van der Waals surface area contributed by atoms with E-state index in [-0.39, 0.29) is 36.9 Å².